The summed E-state index contributed by atoms with van der Waals surface area (Å²) in [4.78, 5) is 11.0. The van der Waals surface area contributed by atoms with Crippen LogP contribution in [0.3, 0.4) is 0 Å². The van der Waals surface area contributed by atoms with E-state index in [1.54, 1.807) is 18.8 Å². The van der Waals surface area contributed by atoms with Crippen molar-refractivity contribution >= 4 is 17.7 Å². The first-order chi connectivity index (χ1) is 5.70. The highest BCUT2D eigenvalue weighted by Gasteiger charge is 2.04. The lowest BCUT2D eigenvalue weighted by Crippen LogP contribution is -2.38. The molecule has 0 aromatic heterocycles. The summed E-state index contributed by atoms with van der Waals surface area (Å²) in [6, 6.07) is 0.290. The van der Waals surface area contributed by atoms with Crippen LogP contribution < -0.4 is 10.6 Å². The zero-order valence-electron chi connectivity index (χ0n) is 8.02. The Bertz CT molecular complexity index is 130. The van der Waals surface area contributed by atoms with Crippen molar-refractivity contribution in [2.24, 2.45) is 0 Å². The van der Waals surface area contributed by atoms with Crippen molar-refractivity contribution in [3.8, 4) is 0 Å². The van der Waals surface area contributed by atoms with E-state index < -0.39 is 0 Å². The quantitative estimate of drug-likeness (QED) is 0.639. The molecule has 0 aliphatic carbocycles. The number of likely N-dealkylation sites (N-methyl/N-ethyl adjacent to an activating group) is 1. The van der Waals surface area contributed by atoms with E-state index in [9.17, 15) is 4.79 Å². The number of rotatable bonds is 6. The van der Waals surface area contributed by atoms with Crippen LogP contribution in [0.4, 0.5) is 0 Å². The topological polar surface area (TPSA) is 41.1 Å². The van der Waals surface area contributed by atoms with Crippen LogP contribution in [-0.4, -0.2) is 37.6 Å². The first-order valence-electron chi connectivity index (χ1n) is 4.13. The van der Waals surface area contributed by atoms with E-state index in [-0.39, 0.29) is 5.91 Å². The fourth-order valence-electron chi connectivity index (χ4n) is 0.853. The van der Waals surface area contributed by atoms with Crippen LogP contribution in [0.2, 0.25) is 0 Å². The Morgan fingerprint density at radius 3 is 2.75 bits per heavy atom. The summed E-state index contributed by atoms with van der Waals surface area (Å²) in [7, 11) is 1.77. The normalized spacial score (nSPS) is 12.6. The standard InChI is InChI=1S/C8H18N2OS/c1-7(4-5-12-3)10-8(11)6-9-2/h7,9H,4-6H2,1-3H3,(H,10,11). The zero-order valence-corrected chi connectivity index (χ0v) is 8.83. The smallest absolute Gasteiger partial charge is 0.234 e. The Morgan fingerprint density at radius 2 is 2.25 bits per heavy atom. The lowest BCUT2D eigenvalue weighted by molar-refractivity contribution is -0.120. The van der Waals surface area contributed by atoms with E-state index in [1.165, 1.54) is 0 Å². The van der Waals surface area contributed by atoms with Crippen molar-refractivity contribution in [1.82, 2.24) is 10.6 Å². The Balaban J connectivity index is 3.40. The van der Waals surface area contributed by atoms with Gasteiger partial charge in [-0.3, -0.25) is 4.79 Å². The fourth-order valence-corrected chi connectivity index (χ4v) is 1.44. The maximum atomic E-state index is 11.0. The van der Waals surface area contributed by atoms with Gasteiger partial charge in [-0.15, -0.1) is 0 Å². The molecule has 0 heterocycles. The molecule has 1 atom stereocenters. The van der Waals surface area contributed by atoms with Crippen molar-refractivity contribution in [2.75, 3.05) is 25.6 Å². The summed E-state index contributed by atoms with van der Waals surface area (Å²) in [6.07, 6.45) is 3.11. The molecule has 0 aromatic rings. The Hall–Kier alpha value is -0.220. The number of amides is 1. The Kier molecular flexibility index (Phi) is 7.29. The molecule has 72 valence electrons. The largest absolute Gasteiger partial charge is 0.353 e. The molecule has 0 rings (SSSR count). The molecule has 0 aromatic carbocycles. The summed E-state index contributed by atoms with van der Waals surface area (Å²) in [5.41, 5.74) is 0. The summed E-state index contributed by atoms with van der Waals surface area (Å²) >= 11 is 1.80. The molecule has 0 bridgehead atoms. The van der Waals surface area contributed by atoms with Crippen molar-refractivity contribution in [2.45, 2.75) is 19.4 Å². The van der Waals surface area contributed by atoms with Crippen LogP contribution in [-0.2, 0) is 4.79 Å². The first-order valence-corrected chi connectivity index (χ1v) is 5.53. The monoisotopic (exact) mass is 190 g/mol. The van der Waals surface area contributed by atoms with Gasteiger partial charge in [-0.25, -0.2) is 0 Å². The van der Waals surface area contributed by atoms with Gasteiger partial charge in [0.15, 0.2) is 0 Å². The van der Waals surface area contributed by atoms with E-state index in [0.29, 0.717) is 12.6 Å². The highest BCUT2D eigenvalue weighted by Crippen LogP contribution is 1.99. The Labute approximate surface area is 78.7 Å². The Morgan fingerprint density at radius 1 is 1.58 bits per heavy atom. The van der Waals surface area contributed by atoms with Gasteiger partial charge in [0, 0.05) is 6.04 Å². The molecular weight excluding hydrogens is 172 g/mol. The van der Waals surface area contributed by atoms with Gasteiger partial charge in [0.2, 0.25) is 5.91 Å². The number of hydrogen-bond donors (Lipinski definition) is 2. The number of hydrogen-bond acceptors (Lipinski definition) is 3. The van der Waals surface area contributed by atoms with Crippen LogP contribution in [0.15, 0.2) is 0 Å². The van der Waals surface area contributed by atoms with Gasteiger partial charge >= 0.3 is 0 Å². The highest BCUT2D eigenvalue weighted by molar-refractivity contribution is 7.98. The van der Waals surface area contributed by atoms with Gasteiger partial charge in [0.1, 0.15) is 0 Å². The zero-order chi connectivity index (χ0) is 9.40. The lowest BCUT2D eigenvalue weighted by atomic mass is 10.2. The van der Waals surface area contributed by atoms with Gasteiger partial charge < -0.3 is 10.6 Å². The third-order valence-corrected chi connectivity index (χ3v) is 2.14. The minimum absolute atomic E-state index is 0.0751. The van der Waals surface area contributed by atoms with Crippen molar-refractivity contribution in [3.05, 3.63) is 0 Å². The highest BCUT2D eigenvalue weighted by atomic mass is 32.2. The molecule has 0 saturated heterocycles. The van der Waals surface area contributed by atoms with Crippen molar-refractivity contribution in [3.63, 3.8) is 0 Å². The van der Waals surface area contributed by atoms with Crippen LogP contribution in [0, 0.1) is 0 Å². The number of nitrogens with one attached hydrogen (secondary N) is 2. The molecule has 1 unspecified atom stereocenters. The predicted octanol–water partition coefficient (Wildman–Crippen LogP) is 0.464. The van der Waals surface area contributed by atoms with E-state index in [1.807, 2.05) is 6.92 Å². The second-order valence-corrected chi connectivity index (χ2v) is 3.77. The minimum atomic E-state index is 0.0751. The van der Waals surface area contributed by atoms with Gasteiger partial charge in [-0.2, -0.15) is 11.8 Å². The van der Waals surface area contributed by atoms with Crippen LogP contribution in [0.1, 0.15) is 13.3 Å². The van der Waals surface area contributed by atoms with Gasteiger partial charge in [-0.05, 0) is 32.4 Å². The molecule has 4 heteroatoms. The van der Waals surface area contributed by atoms with Gasteiger partial charge in [-0.1, -0.05) is 0 Å². The summed E-state index contributed by atoms with van der Waals surface area (Å²) in [5, 5.41) is 5.71. The fraction of sp³-hybridized carbons (Fsp3) is 0.875. The molecule has 12 heavy (non-hydrogen) atoms. The lowest BCUT2D eigenvalue weighted by Gasteiger charge is -2.12. The molecule has 0 saturated carbocycles. The van der Waals surface area contributed by atoms with E-state index in [4.69, 9.17) is 0 Å². The van der Waals surface area contributed by atoms with Crippen LogP contribution in [0.25, 0.3) is 0 Å². The van der Waals surface area contributed by atoms with Gasteiger partial charge in [0.25, 0.3) is 0 Å². The molecular formula is C8H18N2OS. The van der Waals surface area contributed by atoms with Crippen molar-refractivity contribution in [1.29, 1.82) is 0 Å². The molecule has 0 radical (unpaired) electrons. The summed E-state index contributed by atoms with van der Waals surface area (Å²) < 4.78 is 0. The molecule has 0 fully saturated rings. The second kappa shape index (κ2) is 7.43. The summed E-state index contributed by atoms with van der Waals surface area (Å²) in [6.45, 7) is 2.44. The maximum Gasteiger partial charge on any atom is 0.234 e. The van der Waals surface area contributed by atoms with E-state index in [0.717, 1.165) is 12.2 Å². The molecule has 0 aliphatic rings. The van der Waals surface area contributed by atoms with Crippen LogP contribution >= 0.6 is 11.8 Å². The molecule has 3 nitrogen and oxygen atoms in total. The maximum absolute atomic E-state index is 11.0. The summed E-state index contributed by atoms with van der Waals surface area (Å²) in [5.74, 6) is 1.17. The molecule has 1 amide bonds. The predicted molar refractivity (Wildman–Crippen MR) is 54.5 cm³/mol. The SMILES string of the molecule is CNCC(=O)NC(C)CCSC. The average molecular weight is 190 g/mol. The third-order valence-electron chi connectivity index (χ3n) is 1.50. The third kappa shape index (κ3) is 6.49. The number of carbonyl (C=O) groups excluding carboxylic acids is 1. The number of carbonyl (C=O) groups is 1. The number of thioether (sulfide) groups is 1. The molecule has 0 aliphatic heterocycles. The first kappa shape index (κ1) is 11.8. The van der Waals surface area contributed by atoms with E-state index >= 15 is 0 Å². The molecule has 2 N–H and O–H groups in total. The molecule has 0 spiro atoms. The van der Waals surface area contributed by atoms with Crippen LogP contribution in [0.5, 0.6) is 0 Å². The van der Waals surface area contributed by atoms with Crippen molar-refractivity contribution < 1.29 is 4.79 Å². The average Bonchev–Trinajstić information content (AvgIpc) is 2.01. The van der Waals surface area contributed by atoms with E-state index in [2.05, 4.69) is 16.9 Å². The van der Waals surface area contributed by atoms with Gasteiger partial charge in [0.05, 0.1) is 6.54 Å². The minimum Gasteiger partial charge on any atom is -0.353 e. The second-order valence-electron chi connectivity index (χ2n) is 2.78.